The summed E-state index contributed by atoms with van der Waals surface area (Å²) in [5.74, 6) is -0.625. The first-order valence-corrected chi connectivity index (χ1v) is 13.3. The molecule has 10 nitrogen and oxygen atoms in total. The van der Waals surface area contributed by atoms with Crippen molar-refractivity contribution in [3.63, 3.8) is 0 Å². The van der Waals surface area contributed by atoms with Gasteiger partial charge in [0.25, 0.3) is 5.91 Å². The van der Waals surface area contributed by atoms with Crippen molar-refractivity contribution in [3.8, 4) is 0 Å². The number of hydrogen-bond acceptors (Lipinski definition) is 7. The Hall–Kier alpha value is -2.76. The third-order valence-electron chi connectivity index (χ3n) is 5.76. The monoisotopic (exact) mass is 506 g/mol. The molecular formula is C24H34N4O6S. The van der Waals surface area contributed by atoms with Crippen LogP contribution in [0.1, 0.15) is 58.3 Å². The lowest BCUT2D eigenvalue weighted by Crippen LogP contribution is -2.26. The fraction of sp³-hybridized carbons (Fsp3) is 0.542. The van der Waals surface area contributed by atoms with Crippen LogP contribution in [0, 0.1) is 0 Å². The molecule has 0 atom stereocenters. The van der Waals surface area contributed by atoms with Crippen LogP contribution < -0.4 is 5.32 Å². The van der Waals surface area contributed by atoms with Gasteiger partial charge in [-0.05, 0) is 49.9 Å². The number of rotatable bonds is 8. The van der Waals surface area contributed by atoms with Crippen LogP contribution in [0.2, 0.25) is 0 Å². The summed E-state index contributed by atoms with van der Waals surface area (Å²) in [6, 6.07) is 5.66. The molecule has 1 aromatic carbocycles. The van der Waals surface area contributed by atoms with Crippen molar-refractivity contribution < 1.29 is 27.5 Å². The normalized spacial score (nSPS) is 15.3. The highest BCUT2D eigenvalue weighted by Gasteiger charge is 2.23. The summed E-state index contributed by atoms with van der Waals surface area (Å²) in [6.45, 7) is 4.47. The molecule has 1 aromatic heterocycles. The van der Waals surface area contributed by atoms with Crippen LogP contribution >= 0.6 is 0 Å². The maximum Gasteiger partial charge on any atom is 0.338 e. The highest BCUT2D eigenvalue weighted by atomic mass is 32.2. The van der Waals surface area contributed by atoms with E-state index in [0.29, 0.717) is 51.1 Å². The third kappa shape index (κ3) is 6.68. The number of sulfonamides is 1. The minimum Gasteiger partial charge on any atom is -0.462 e. The molecule has 2 heterocycles. The SMILES string of the molecule is CCc1nn(CCCOC(=O)c2ccc(S(=O)(=O)N(C)C)cc2)c2c1C(=O)NCCCOCCC2. The van der Waals surface area contributed by atoms with Gasteiger partial charge in [0.15, 0.2) is 0 Å². The maximum atomic E-state index is 12.8. The van der Waals surface area contributed by atoms with Crippen LogP contribution in [-0.4, -0.2) is 74.8 Å². The van der Waals surface area contributed by atoms with Crippen molar-refractivity contribution in [1.82, 2.24) is 19.4 Å². The Morgan fingerprint density at radius 3 is 2.60 bits per heavy atom. The Bertz CT molecular complexity index is 1130. The lowest BCUT2D eigenvalue weighted by Gasteiger charge is -2.12. The maximum absolute atomic E-state index is 12.8. The van der Waals surface area contributed by atoms with E-state index in [1.54, 1.807) is 0 Å². The van der Waals surface area contributed by atoms with Crippen LogP contribution in [0.5, 0.6) is 0 Å². The Morgan fingerprint density at radius 2 is 1.91 bits per heavy atom. The number of esters is 1. The van der Waals surface area contributed by atoms with Crippen molar-refractivity contribution in [2.75, 3.05) is 40.5 Å². The number of aromatic nitrogens is 2. The number of nitrogens with zero attached hydrogens (tertiary/aromatic N) is 3. The van der Waals surface area contributed by atoms with E-state index in [1.165, 1.54) is 38.4 Å². The Morgan fingerprint density at radius 1 is 1.20 bits per heavy atom. The first kappa shape index (κ1) is 26.8. The number of amides is 1. The molecule has 192 valence electrons. The Labute approximate surface area is 206 Å². The molecule has 0 spiro atoms. The van der Waals surface area contributed by atoms with Crippen molar-refractivity contribution >= 4 is 21.9 Å². The molecular weight excluding hydrogens is 472 g/mol. The summed E-state index contributed by atoms with van der Waals surface area (Å²) in [5.41, 5.74) is 2.58. The van der Waals surface area contributed by atoms with Crippen molar-refractivity contribution in [2.45, 2.75) is 50.5 Å². The zero-order valence-corrected chi connectivity index (χ0v) is 21.4. The molecule has 0 bridgehead atoms. The summed E-state index contributed by atoms with van der Waals surface area (Å²) in [6.07, 6.45) is 3.42. The van der Waals surface area contributed by atoms with Gasteiger partial charge in [0, 0.05) is 46.8 Å². The lowest BCUT2D eigenvalue weighted by atomic mass is 10.1. The van der Waals surface area contributed by atoms with Gasteiger partial charge in [0.2, 0.25) is 10.0 Å². The molecule has 11 heteroatoms. The molecule has 0 saturated carbocycles. The van der Waals surface area contributed by atoms with Crippen LogP contribution in [0.4, 0.5) is 0 Å². The number of ether oxygens (including phenoxy) is 2. The molecule has 0 fully saturated rings. The number of hydrogen-bond donors (Lipinski definition) is 1. The first-order valence-electron chi connectivity index (χ1n) is 11.9. The fourth-order valence-electron chi connectivity index (χ4n) is 3.84. The molecule has 0 aliphatic carbocycles. The molecule has 1 aliphatic heterocycles. The quantitative estimate of drug-likeness (QED) is 0.430. The summed E-state index contributed by atoms with van der Waals surface area (Å²) in [5, 5.41) is 7.63. The largest absolute Gasteiger partial charge is 0.462 e. The minimum atomic E-state index is -3.56. The number of aryl methyl sites for hydroxylation is 2. The van der Waals surface area contributed by atoms with E-state index in [4.69, 9.17) is 9.47 Å². The van der Waals surface area contributed by atoms with E-state index in [1.807, 2.05) is 11.6 Å². The van der Waals surface area contributed by atoms with Crippen molar-refractivity contribution in [2.24, 2.45) is 0 Å². The van der Waals surface area contributed by atoms with E-state index in [0.717, 1.165) is 28.5 Å². The second-order valence-electron chi connectivity index (χ2n) is 8.47. The van der Waals surface area contributed by atoms with Gasteiger partial charge in [0.1, 0.15) is 0 Å². The number of carbonyl (C=O) groups excluding carboxylic acids is 2. The summed E-state index contributed by atoms with van der Waals surface area (Å²) in [7, 11) is -0.659. The summed E-state index contributed by atoms with van der Waals surface area (Å²) >= 11 is 0. The van der Waals surface area contributed by atoms with E-state index in [9.17, 15) is 18.0 Å². The van der Waals surface area contributed by atoms with Crippen LogP contribution in [-0.2, 0) is 38.9 Å². The van der Waals surface area contributed by atoms with Crippen LogP contribution in [0.15, 0.2) is 29.2 Å². The molecule has 1 aliphatic rings. The molecule has 0 unspecified atom stereocenters. The first-order chi connectivity index (χ1) is 16.8. The molecule has 35 heavy (non-hydrogen) atoms. The molecule has 3 rings (SSSR count). The Kier molecular flexibility index (Phi) is 9.41. The average Bonchev–Trinajstić information content (AvgIpc) is 3.18. The number of benzene rings is 1. The summed E-state index contributed by atoms with van der Waals surface area (Å²) in [4.78, 5) is 25.3. The number of nitrogens with one attached hydrogen (secondary N) is 1. The molecule has 0 radical (unpaired) electrons. The standard InChI is InChI=1S/C24H34N4O6S/c1-4-20-22-21(8-5-15-33-16-6-13-25-23(22)29)28(26-20)14-7-17-34-24(30)18-9-11-19(12-10-18)35(31,32)27(2)3/h9-12H,4-8,13-17H2,1-3H3,(H,25,29). The highest BCUT2D eigenvalue weighted by molar-refractivity contribution is 7.89. The van der Waals surface area contributed by atoms with E-state index in [-0.39, 0.29) is 23.0 Å². The number of carbonyl (C=O) groups is 2. The topological polar surface area (TPSA) is 120 Å². The molecule has 1 amide bonds. The van der Waals surface area contributed by atoms with Gasteiger partial charge < -0.3 is 14.8 Å². The van der Waals surface area contributed by atoms with Gasteiger partial charge >= 0.3 is 5.97 Å². The number of fused-ring (bicyclic) bond motifs is 1. The van der Waals surface area contributed by atoms with E-state index in [2.05, 4.69) is 10.4 Å². The molecule has 2 aromatic rings. The van der Waals surface area contributed by atoms with Crippen LogP contribution in [0.3, 0.4) is 0 Å². The fourth-order valence-corrected chi connectivity index (χ4v) is 4.75. The van der Waals surface area contributed by atoms with Gasteiger partial charge in [-0.25, -0.2) is 17.5 Å². The predicted molar refractivity (Wildman–Crippen MR) is 130 cm³/mol. The average molecular weight is 507 g/mol. The van der Waals surface area contributed by atoms with Crippen LogP contribution in [0.25, 0.3) is 0 Å². The summed E-state index contributed by atoms with van der Waals surface area (Å²) < 4.78 is 38.3. The second-order valence-corrected chi connectivity index (χ2v) is 10.6. The molecule has 1 N–H and O–H groups in total. The third-order valence-corrected chi connectivity index (χ3v) is 7.59. The van der Waals surface area contributed by atoms with Crippen molar-refractivity contribution in [1.29, 1.82) is 0 Å². The van der Waals surface area contributed by atoms with E-state index >= 15 is 0 Å². The van der Waals surface area contributed by atoms with Gasteiger partial charge in [-0.3, -0.25) is 9.48 Å². The zero-order chi connectivity index (χ0) is 25.4. The lowest BCUT2D eigenvalue weighted by molar-refractivity contribution is 0.0494. The van der Waals surface area contributed by atoms with Crippen molar-refractivity contribution in [3.05, 3.63) is 46.8 Å². The zero-order valence-electron chi connectivity index (χ0n) is 20.6. The van der Waals surface area contributed by atoms with Gasteiger partial charge in [0.05, 0.1) is 34.0 Å². The van der Waals surface area contributed by atoms with Gasteiger partial charge in [-0.1, -0.05) is 6.92 Å². The second kappa shape index (κ2) is 12.3. The minimum absolute atomic E-state index is 0.101. The Balaban J connectivity index is 1.62. The van der Waals surface area contributed by atoms with E-state index < -0.39 is 16.0 Å². The van der Waals surface area contributed by atoms with Gasteiger partial charge in [-0.2, -0.15) is 5.10 Å². The molecule has 0 saturated heterocycles. The smallest absolute Gasteiger partial charge is 0.338 e. The highest BCUT2D eigenvalue weighted by Crippen LogP contribution is 2.19. The predicted octanol–water partition coefficient (Wildman–Crippen LogP) is 2.03. The van der Waals surface area contributed by atoms with Gasteiger partial charge in [-0.15, -0.1) is 0 Å².